The van der Waals surface area contributed by atoms with Gasteiger partial charge < -0.3 is 20.3 Å². The lowest BCUT2D eigenvalue weighted by Crippen LogP contribution is -2.47. The molecule has 1 unspecified atom stereocenters. The van der Waals surface area contributed by atoms with E-state index in [1.807, 2.05) is 30.3 Å². The standard InChI is InChI=1S/C24H27N5O6S/c1-2-19(29-11-10-25-22(24(29)34)26-13-17-8-9-27-35-17)23(33)28-18(12-21(31)32)20(30)15-36-14-16-6-4-3-5-7-16/h3-11,18-19H,2,12-15H2,1H3,(H,25,26)(H,28,33)(H,31,32)/t18-,19?/m0/s1. The van der Waals surface area contributed by atoms with Gasteiger partial charge in [0.25, 0.3) is 5.56 Å². The lowest BCUT2D eigenvalue weighted by atomic mass is 10.1. The second-order valence-electron chi connectivity index (χ2n) is 7.85. The van der Waals surface area contributed by atoms with Crippen molar-refractivity contribution in [1.29, 1.82) is 0 Å². The number of aliphatic carboxylic acids is 1. The maximum Gasteiger partial charge on any atom is 0.305 e. The van der Waals surface area contributed by atoms with Crippen LogP contribution in [0.25, 0.3) is 0 Å². The molecule has 190 valence electrons. The number of carbonyl (C=O) groups excluding carboxylic acids is 2. The minimum Gasteiger partial charge on any atom is -0.481 e. The quantitative estimate of drug-likeness (QED) is 0.292. The van der Waals surface area contributed by atoms with E-state index in [9.17, 15) is 24.3 Å². The molecule has 1 aromatic carbocycles. The SMILES string of the molecule is CCC(C(=O)N[C@@H](CC(=O)O)C(=O)CSCc1ccccc1)n1ccnc(NCc2ccno2)c1=O. The molecule has 3 aromatic rings. The first kappa shape index (κ1) is 26.7. The highest BCUT2D eigenvalue weighted by Crippen LogP contribution is 2.15. The van der Waals surface area contributed by atoms with Gasteiger partial charge in [-0.15, -0.1) is 11.8 Å². The molecule has 0 aliphatic heterocycles. The third-order valence-corrected chi connectivity index (χ3v) is 6.28. The van der Waals surface area contributed by atoms with E-state index in [1.54, 1.807) is 13.0 Å². The Morgan fingerprint density at radius 2 is 1.94 bits per heavy atom. The molecule has 0 bridgehead atoms. The fraction of sp³-hybridized carbons (Fsp3) is 0.333. The largest absolute Gasteiger partial charge is 0.481 e. The number of aromatic nitrogens is 3. The van der Waals surface area contributed by atoms with E-state index in [0.29, 0.717) is 11.5 Å². The third kappa shape index (κ3) is 7.54. The zero-order valence-electron chi connectivity index (χ0n) is 19.6. The van der Waals surface area contributed by atoms with Gasteiger partial charge in [0.15, 0.2) is 17.4 Å². The lowest BCUT2D eigenvalue weighted by Gasteiger charge is -2.22. The van der Waals surface area contributed by atoms with Gasteiger partial charge in [-0.2, -0.15) is 0 Å². The Bertz CT molecular complexity index is 1220. The summed E-state index contributed by atoms with van der Waals surface area (Å²) in [6.45, 7) is 1.88. The molecule has 3 N–H and O–H groups in total. The minimum atomic E-state index is -1.21. The van der Waals surface area contributed by atoms with E-state index in [4.69, 9.17) is 4.52 Å². The molecule has 2 aromatic heterocycles. The number of hydrogen-bond acceptors (Lipinski definition) is 9. The maximum atomic E-state index is 13.1. The molecule has 2 atom stereocenters. The van der Waals surface area contributed by atoms with Crippen molar-refractivity contribution in [2.24, 2.45) is 0 Å². The molecule has 1 amide bonds. The summed E-state index contributed by atoms with van der Waals surface area (Å²) in [5.74, 6) is -1.12. The summed E-state index contributed by atoms with van der Waals surface area (Å²) < 4.78 is 6.19. The van der Waals surface area contributed by atoms with E-state index < -0.39 is 41.7 Å². The van der Waals surface area contributed by atoms with Gasteiger partial charge in [0, 0.05) is 24.2 Å². The van der Waals surface area contributed by atoms with Crippen molar-refractivity contribution < 1.29 is 24.0 Å². The van der Waals surface area contributed by atoms with Crippen LogP contribution in [0.3, 0.4) is 0 Å². The lowest BCUT2D eigenvalue weighted by molar-refractivity contribution is -0.140. The van der Waals surface area contributed by atoms with Crippen LogP contribution in [0, 0.1) is 0 Å². The molecule has 11 nitrogen and oxygen atoms in total. The first-order valence-electron chi connectivity index (χ1n) is 11.3. The molecular formula is C24H27N5O6S. The monoisotopic (exact) mass is 513 g/mol. The number of carboxylic acids is 1. The fourth-order valence-electron chi connectivity index (χ4n) is 3.44. The van der Waals surface area contributed by atoms with Gasteiger partial charge >= 0.3 is 5.97 Å². The highest BCUT2D eigenvalue weighted by atomic mass is 32.2. The number of nitrogens with one attached hydrogen (secondary N) is 2. The topological polar surface area (TPSA) is 156 Å². The molecule has 36 heavy (non-hydrogen) atoms. The van der Waals surface area contributed by atoms with Gasteiger partial charge in [-0.1, -0.05) is 42.4 Å². The predicted molar refractivity (Wildman–Crippen MR) is 133 cm³/mol. The molecule has 0 spiro atoms. The van der Waals surface area contributed by atoms with Gasteiger partial charge in [0.2, 0.25) is 5.91 Å². The number of hydrogen-bond donors (Lipinski definition) is 3. The van der Waals surface area contributed by atoms with Crippen molar-refractivity contribution in [2.75, 3.05) is 11.1 Å². The Balaban J connectivity index is 1.67. The number of nitrogens with zero attached hydrogens (tertiary/aromatic N) is 3. The normalized spacial score (nSPS) is 12.5. The Morgan fingerprint density at radius 3 is 2.61 bits per heavy atom. The molecule has 2 heterocycles. The Kier molecular flexibility index (Phi) is 9.81. The molecule has 0 saturated carbocycles. The van der Waals surface area contributed by atoms with Gasteiger partial charge in [-0.3, -0.25) is 23.7 Å². The predicted octanol–water partition coefficient (Wildman–Crippen LogP) is 2.26. The first-order chi connectivity index (χ1) is 17.4. The van der Waals surface area contributed by atoms with E-state index in [-0.39, 0.29) is 24.5 Å². The van der Waals surface area contributed by atoms with Crippen molar-refractivity contribution in [3.8, 4) is 0 Å². The smallest absolute Gasteiger partial charge is 0.305 e. The van der Waals surface area contributed by atoms with E-state index in [0.717, 1.165) is 5.56 Å². The number of carbonyl (C=O) groups is 3. The first-order valence-corrected chi connectivity index (χ1v) is 12.4. The van der Waals surface area contributed by atoms with Crippen LogP contribution in [0.5, 0.6) is 0 Å². The summed E-state index contributed by atoms with van der Waals surface area (Å²) in [6, 6.07) is 9.00. The van der Waals surface area contributed by atoms with Gasteiger partial charge in [0.1, 0.15) is 6.04 Å². The number of amides is 1. The summed E-state index contributed by atoms with van der Waals surface area (Å²) >= 11 is 1.34. The van der Waals surface area contributed by atoms with Crippen LogP contribution < -0.4 is 16.2 Å². The highest BCUT2D eigenvalue weighted by Gasteiger charge is 2.28. The van der Waals surface area contributed by atoms with Crippen LogP contribution in [-0.2, 0) is 26.7 Å². The van der Waals surface area contributed by atoms with E-state index in [2.05, 4.69) is 20.8 Å². The van der Waals surface area contributed by atoms with Crippen LogP contribution >= 0.6 is 11.8 Å². The summed E-state index contributed by atoms with van der Waals surface area (Å²) in [4.78, 5) is 54.2. The van der Waals surface area contributed by atoms with Crippen molar-refractivity contribution in [3.63, 3.8) is 0 Å². The average molecular weight is 514 g/mol. The third-order valence-electron chi connectivity index (χ3n) is 5.25. The van der Waals surface area contributed by atoms with Gasteiger partial charge in [-0.25, -0.2) is 4.98 Å². The molecule has 0 aliphatic rings. The second-order valence-corrected chi connectivity index (χ2v) is 8.83. The molecular weight excluding hydrogens is 486 g/mol. The molecule has 12 heteroatoms. The van der Waals surface area contributed by atoms with Gasteiger partial charge in [-0.05, 0) is 12.0 Å². The number of ketones is 1. The minimum absolute atomic E-state index is 0.00984. The number of anilines is 1. The summed E-state index contributed by atoms with van der Waals surface area (Å²) in [5.41, 5.74) is 0.489. The van der Waals surface area contributed by atoms with Crippen LogP contribution in [0.15, 0.2) is 64.3 Å². The Labute approximate surface area is 211 Å². The number of thioether (sulfide) groups is 1. The number of benzene rings is 1. The fourth-order valence-corrected chi connectivity index (χ4v) is 4.37. The van der Waals surface area contributed by atoms with Crippen LogP contribution in [0.1, 0.15) is 37.1 Å². The zero-order valence-corrected chi connectivity index (χ0v) is 20.4. The number of rotatable bonds is 14. The van der Waals surface area contributed by atoms with Crippen molar-refractivity contribution in [2.45, 2.75) is 44.1 Å². The van der Waals surface area contributed by atoms with E-state index >= 15 is 0 Å². The maximum absolute atomic E-state index is 13.1. The second kappa shape index (κ2) is 13.2. The molecule has 0 saturated heterocycles. The Hall–Kier alpha value is -3.93. The zero-order chi connectivity index (χ0) is 25.9. The molecule has 0 aliphatic carbocycles. The number of carboxylic acid groups (broad SMARTS) is 1. The van der Waals surface area contributed by atoms with Crippen LogP contribution in [-0.4, -0.2) is 49.3 Å². The molecule has 3 rings (SSSR count). The molecule has 0 fully saturated rings. The summed E-state index contributed by atoms with van der Waals surface area (Å²) in [6.07, 6.45) is 3.90. The van der Waals surface area contributed by atoms with Crippen molar-refractivity contribution in [1.82, 2.24) is 20.0 Å². The average Bonchev–Trinajstić information content (AvgIpc) is 3.38. The molecule has 0 radical (unpaired) electrons. The van der Waals surface area contributed by atoms with Gasteiger partial charge in [0.05, 0.1) is 31.0 Å². The number of Topliss-reactive ketones (excluding diaryl/α,β-unsaturated/α-hetero) is 1. The highest BCUT2D eigenvalue weighted by molar-refractivity contribution is 7.99. The van der Waals surface area contributed by atoms with Crippen LogP contribution in [0.2, 0.25) is 0 Å². The summed E-state index contributed by atoms with van der Waals surface area (Å²) in [5, 5.41) is 18.3. The van der Waals surface area contributed by atoms with E-state index in [1.165, 1.54) is 34.9 Å². The van der Waals surface area contributed by atoms with Crippen LogP contribution in [0.4, 0.5) is 5.82 Å². The van der Waals surface area contributed by atoms with Crippen molar-refractivity contribution in [3.05, 3.63) is 76.7 Å². The Morgan fingerprint density at radius 1 is 1.17 bits per heavy atom. The summed E-state index contributed by atoms with van der Waals surface area (Å²) in [7, 11) is 0. The van der Waals surface area contributed by atoms with Crippen molar-refractivity contribution >= 4 is 35.2 Å².